The number of para-hydroxylation sites is 1. The van der Waals surface area contributed by atoms with Gasteiger partial charge in [0.05, 0.1) is 6.04 Å². The van der Waals surface area contributed by atoms with E-state index in [0.717, 1.165) is 11.9 Å². The number of carbonyl (C=O) groups excluding carboxylic acids is 1. The van der Waals surface area contributed by atoms with Crippen molar-refractivity contribution in [2.45, 2.75) is 26.3 Å². The van der Waals surface area contributed by atoms with Crippen molar-refractivity contribution in [1.82, 2.24) is 15.6 Å². The van der Waals surface area contributed by atoms with Crippen LogP contribution in [0.15, 0.2) is 30.5 Å². The normalized spacial score (nSPS) is 12.8. The first-order chi connectivity index (χ1) is 9.63. The van der Waals surface area contributed by atoms with Gasteiger partial charge in [-0.05, 0) is 31.0 Å². The Kier molecular flexibility index (Phi) is 4.79. The Hall–Kier alpha value is -1.81. The molecule has 0 aliphatic carbocycles. The van der Waals surface area contributed by atoms with Crippen LogP contribution in [0.3, 0.4) is 0 Å². The first-order valence-electron chi connectivity index (χ1n) is 7.13. The van der Waals surface area contributed by atoms with Gasteiger partial charge in [-0.2, -0.15) is 0 Å². The largest absolute Gasteiger partial charge is 0.361 e. The molecule has 3 N–H and O–H groups in total. The van der Waals surface area contributed by atoms with E-state index in [9.17, 15) is 4.79 Å². The van der Waals surface area contributed by atoms with E-state index < -0.39 is 0 Å². The summed E-state index contributed by atoms with van der Waals surface area (Å²) < 4.78 is 0. The second-order valence-electron chi connectivity index (χ2n) is 5.41. The molecule has 108 valence electrons. The minimum absolute atomic E-state index is 0.0716. The standard InChI is InChI=1S/C16H23N3O/c1-11(2)15(17-3)16(20)18-9-8-12-10-19-14-7-5-4-6-13(12)14/h4-7,10-11,15,17,19H,8-9H2,1-3H3,(H,18,20)/t15-/m0/s1. The molecule has 0 spiro atoms. The number of likely N-dealkylation sites (N-methyl/N-ethyl adjacent to an activating group) is 1. The highest BCUT2D eigenvalue weighted by molar-refractivity contribution is 5.84. The number of benzene rings is 1. The van der Waals surface area contributed by atoms with Crippen molar-refractivity contribution in [3.63, 3.8) is 0 Å². The third-order valence-electron chi connectivity index (χ3n) is 3.63. The molecule has 1 atom stereocenters. The van der Waals surface area contributed by atoms with E-state index in [1.165, 1.54) is 10.9 Å². The third kappa shape index (κ3) is 3.20. The molecule has 4 nitrogen and oxygen atoms in total. The zero-order valence-electron chi connectivity index (χ0n) is 12.4. The van der Waals surface area contributed by atoms with Crippen LogP contribution < -0.4 is 10.6 Å². The van der Waals surface area contributed by atoms with Gasteiger partial charge in [0.15, 0.2) is 0 Å². The van der Waals surface area contributed by atoms with E-state index in [-0.39, 0.29) is 17.9 Å². The van der Waals surface area contributed by atoms with E-state index in [2.05, 4.69) is 27.8 Å². The molecule has 0 saturated carbocycles. The van der Waals surface area contributed by atoms with Crippen LogP contribution in [0.2, 0.25) is 0 Å². The Morgan fingerprint density at radius 3 is 2.75 bits per heavy atom. The number of amides is 1. The number of fused-ring (bicyclic) bond motifs is 1. The van der Waals surface area contributed by atoms with Gasteiger partial charge in [0, 0.05) is 23.6 Å². The van der Waals surface area contributed by atoms with Crippen molar-refractivity contribution < 1.29 is 4.79 Å². The van der Waals surface area contributed by atoms with Gasteiger partial charge in [0.1, 0.15) is 0 Å². The van der Waals surface area contributed by atoms with Crippen molar-refractivity contribution in [2.75, 3.05) is 13.6 Å². The molecule has 2 aromatic rings. The maximum absolute atomic E-state index is 12.0. The predicted octanol–water partition coefficient (Wildman–Crippen LogP) is 2.07. The van der Waals surface area contributed by atoms with E-state index in [1.807, 2.05) is 39.2 Å². The molecule has 0 aliphatic heterocycles. The first kappa shape index (κ1) is 14.6. The number of rotatable bonds is 6. The van der Waals surface area contributed by atoms with Gasteiger partial charge in [-0.15, -0.1) is 0 Å². The van der Waals surface area contributed by atoms with Gasteiger partial charge >= 0.3 is 0 Å². The number of aromatic amines is 1. The van der Waals surface area contributed by atoms with E-state index in [4.69, 9.17) is 0 Å². The number of hydrogen-bond donors (Lipinski definition) is 3. The number of aromatic nitrogens is 1. The van der Waals surface area contributed by atoms with Gasteiger partial charge in [0.2, 0.25) is 5.91 Å². The number of H-pyrrole nitrogens is 1. The van der Waals surface area contributed by atoms with E-state index in [0.29, 0.717) is 6.54 Å². The van der Waals surface area contributed by atoms with Crippen LogP contribution >= 0.6 is 0 Å². The molecule has 2 rings (SSSR count). The Bertz CT molecular complexity index is 574. The summed E-state index contributed by atoms with van der Waals surface area (Å²) >= 11 is 0. The fraction of sp³-hybridized carbons (Fsp3) is 0.438. The van der Waals surface area contributed by atoms with Crippen LogP contribution in [0.4, 0.5) is 0 Å². The highest BCUT2D eigenvalue weighted by Crippen LogP contribution is 2.17. The molecule has 0 radical (unpaired) electrons. The second-order valence-corrected chi connectivity index (χ2v) is 5.41. The monoisotopic (exact) mass is 273 g/mol. The maximum Gasteiger partial charge on any atom is 0.237 e. The molecule has 20 heavy (non-hydrogen) atoms. The fourth-order valence-electron chi connectivity index (χ4n) is 2.54. The van der Waals surface area contributed by atoms with Crippen LogP contribution in [0, 0.1) is 5.92 Å². The second kappa shape index (κ2) is 6.57. The van der Waals surface area contributed by atoms with Crippen molar-refractivity contribution in [3.8, 4) is 0 Å². The number of hydrogen-bond acceptors (Lipinski definition) is 2. The highest BCUT2D eigenvalue weighted by atomic mass is 16.2. The van der Waals surface area contributed by atoms with Crippen LogP contribution in [-0.2, 0) is 11.2 Å². The molecular formula is C16H23N3O. The molecule has 1 aromatic carbocycles. The summed E-state index contributed by atoms with van der Waals surface area (Å²) in [5.41, 5.74) is 2.38. The molecule has 1 aromatic heterocycles. The van der Waals surface area contributed by atoms with Crippen LogP contribution in [0.5, 0.6) is 0 Å². The molecule has 0 bridgehead atoms. The Labute approximate surface area is 120 Å². The Morgan fingerprint density at radius 2 is 2.05 bits per heavy atom. The number of nitrogens with one attached hydrogen (secondary N) is 3. The van der Waals surface area contributed by atoms with Gasteiger partial charge < -0.3 is 15.6 Å². The topological polar surface area (TPSA) is 56.9 Å². The summed E-state index contributed by atoms with van der Waals surface area (Å²) in [5.74, 6) is 0.357. The molecule has 4 heteroatoms. The van der Waals surface area contributed by atoms with Gasteiger partial charge in [-0.1, -0.05) is 32.0 Å². The van der Waals surface area contributed by atoms with Crippen LogP contribution in [0.1, 0.15) is 19.4 Å². The number of carbonyl (C=O) groups is 1. The Balaban J connectivity index is 1.91. The first-order valence-corrected chi connectivity index (χ1v) is 7.13. The zero-order chi connectivity index (χ0) is 14.5. The average Bonchev–Trinajstić information content (AvgIpc) is 2.83. The van der Waals surface area contributed by atoms with Gasteiger partial charge in [-0.25, -0.2) is 0 Å². The summed E-state index contributed by atoms with van der Waals surface area (Å²) in [5, 5.41) is 7.29. The lowest BCUT2D eigenvalue weighted by Gasteiger charge is -2.19. The smallest absolute Gasteiger partial charge is 0.237 e. The molecule has 0 fully saturated rings. The van der Waals surface area contributed by atoms with Crippen molar-refractivity contribution in [2.24, 2.45) is 5.92 Å². The lowest BCUT2D eigenvalue weighted by atomic mass is 10.0. The third-order valence-corrected chi connectivity index (χ3v) is 3.63. The van der Waals surface area contributed by atoms with Gasteiger partial charge in [-0.3, -0.25) is 4.79 Å². The minimum atomic E-state index is -0.127. The summed E-state index contributed by atoms with van der Waals surface area (Å²) in [7, 11) is 1.82. The Morgan fingerprint density at radius 1 is 1.30 bits per heavy atom. The van der Waals surface area contributed by atoms with Gasteiger partial charge in [0.25, 0.3) is 0 Å². The molecule has 1 amide bonds. The molecular weight excluding hydrogens is 250 g/mol. The molecule has 0 aliphatic rings. The average molecular weight is 273 g/mol. The maximum atomic E-state index is 12.0. The highest BCUT2D eigenvalue weighted by Gasteiger charge is 2.19. The fourth-order valence-corrected chi connectivity index (χ4v) is 2.54. The lowest BCUT2D eigenvalue weighted by Crippen LogP contribution is -2.46. The van der Waals surface area contributed by atoms with Crippen LogP contribution in [-0.4, -0.2) is 30.5 Å². The quantitative estimate of drug-likeness (QED) is 0.754. The van der Waals surface area contributed by atoms with Crippen molar-refractivity contribution >= 4 is 16.8 Å². The molecule has 0 saturated heterocycles. The summed E-state index contributed by atoms with van der Waals surface area (Å²) in [6, 6.07) is 8.09. The summed E-state index contributed by atoms with van der Waals surface area (Å²) in [4.78, 5) is 15.3. The SMILES string of the molecule is CN[C@H](C(=O)NCCc1c[nH]c2ccccc12)C(C)C. The summed E-state index contributed by atoms with van der Waals surface area (Å²) in [6.07, 6.45) is 2.86. The van der Waals surface area contributed by atoms with Crippen molar-refractivity contribution in [1.29, 1.82) is 0 Å². The lowest BCUT2D eigenvalue weighted by molar-refractivity contribution is -0.123. The zero-order valence-corrected chi connectivity index (χ0v) is 12.4. The predicted molar refractivity (Wildman–Crippen MR) is 82.7 cm³/mol. The van der Waals surface area contributed by atoms with E-state index in [1.54, 1.807) is 0 Å². The van der Waals surface area contributed by atoms with Crippen molar-refractivity contribution in [3.05, 3.63) is 36.0 Å². The van der Waals surface area contributed by atoms with E-state index >= 15 is 0 Å². The van der Waals surface area contributed by atoms with Crippen LogP contribution in [0.25, 0.3) is 10.9 Å². The minimum Gasteiger partial charge on any atom is -0.361 e. The summed E-state index contributed by atoms with van der Waals surface area (Å²) in [6.45, 7) is 4.74. The molecule has 1 heterocycles. The molecule has 0 unspecified atom stereocenters.